The standard InChI is InChI=1S/C22H22BrN3O4S/c1-14(21(28)26(15(2)22(29)30-3)19-12-31-13-24-19)25(20(27)11-23)18-10-6-8-16-7-4-5-9-17(16)18/h4-10,12-15H,11H2,1-3H3/t14-,15?/m0/s1. The van der Waals surface area contributed by atoms with Gasteiger partial charge in [0, 0.05) is 10.8 Å². The van der Waals surface area contributed by atoms with Gasteiger partial charge in [-0.05, 0) is 25.3 Å². The molecular weight excluding hydrogens is 482 g/mol. The number of methoxy groups -OCH3 is 1. The molecule has 0 aliphatic heterocycles. The summed E-state index contributed by atoms with van der Waals surface area (Å²) in [5.74, 6) is -0.951. The minimum absolute atomic E-state index is 0.0388. The molecule has 1 unspecified atom stereocenters. The van der Waals surface area contributed by atoms with Crippen LogP contribution in [-0.4, -0.2) is 47.3 Å². The van der Waals surface area contributed by atoms with Gasteiger partial charge in [0.15, 0.2) is 0 Å². The number of benzene rings is 2. The fraction of sp³-hybridized carbons (Fsp3) is 0.273. The molecule has 0 saturated carbocycles. The number of thiazole rings is 1. The van der Waals surface area contributed by atoms with Gasteiger partial charge in [-0.1, -0.05) is 52.3 Å². The van der Waals surface area contributed by atoms with Crippen molar-refractivity contribution in [2.75, 3.05) is 22.2 Å². The molecule has 2 amide bonds. The van der Waals surface area contributed by atoms with E-state index in [0.29, 0.717) is 11.5 Å². The van der Waals surface area contributed by atoms with Crippen molar-refractivity contribution in [2.24, 2.45) is 0 Å². The molecule has 31 heavy (non-hydrogen) atoms. The van der Waals surface area contributed by atoms with Gasteiger partial charge < -0.3 is 4.74 Å². The van der Waals surface area contributed by atoms with E-state index in [1.807, 2.05) is 42.5 Å². The highest BCUT2D eigenvalue weighted by Gasteiger charge is 2.36. The van der Waals surface area contributed by atoms with Crippen LogP contribution >= 0.6 is 27.3 Å². The third-order valence-corrected chi connectivity index (χ3v) is 6.04. The summed E-state index contributed by atoms with van der Waals surface area (Å²) in [7, 11) is 1.27. The number of amides is 2. The van der Waals surface area contributed by atoms with Crippen LogP contribution in [0.1, 0.15) is 13.8 Å². The molecular formula is C22H22BrN3O4S. The molecule has 162 valence electrons. The number of hydrogen-bond acceptors (Lipinski definition) is 6. The van der Waals surface area contributed by atoms with Crippen molar-refractivity contribution in [1.29, 1.82) is 0 Å². The van der Waals surface area contributed by atoms with Gasteiger partial charge in [0.05, 0.1) is 23.6 Å². The Kier molecular flexibility index (Phi) is 7.40. The largest absolute Gasteiger partial charge is 0.467 e. The zero-order valence-corrected chi connectivity index (χ0v) is 19.7. The molecule has 0 aliphatic carbocycles. The first-order valence-electron chi connectivity index (χ1n) is 9.55. The predicted molar refractivity (Wildman–Crippen MR) is 126 cm³/mol. The average molecular weight is 504 g/mol. The lowest BCUT2D eigenvalue weighted by molar-refractivity contribution is -0.143. The summed E-state index contributed by atoms with van der Waals surface area (Å²) in [6, 6.07) is 11.5. The number of halogens is 1. The van der Waals surface area contributed by atoms with E-state index in [1.165, 1.54) is 28.2 Å². The maximum atomic E-state index is 13.6. The Balaban J connectivity index is 2.08. The number of anilines is 2. The van der Waals surface area contributed by atoms with Gasteiger partial charge in [0.25, 0.3) is 5.91 Å². The van der Waals surface area contributed by atoms with Crippen LogP contribution in [-0.2, 0) is 19.1 Å². The third kappa shape index (κ3) is 4.62. The van der Waals surface area contributed by atoms with Crippen molar-refractivity contribution in [2.45, 2.75) is 25.9 Å². The highest BCUT2D eigenvalue weighted by Crippen LogP contribution is 2.30. The number of aromatic nitrogens is 1. The van der Waals surface area contributed by atoms with Crippen LogP contribution in [0.25, 0.3) is 10.8 Å². The molecule has 2 aromatic carbocycles. The zero-order chi connectivity index (χ0) is 22.5. The van der Waals surface area contributed by atoms with E-state index in [2.05, 4.69) is 20.9 Å². The summed E-state index contributed by atoms with van der Waals surface area (Å²) in [4.78, 5) is 45.8. The van der Waals surface area contributed by atoms with E-state index in [0.717, 1.165) is 10.8 Å². The third-order valence-electron chi connectivity index (χ3n) is 4.99. The summed E-state index contributed by atoms with van der Waals surface area (Å²) in [6.07, 6.45) is 0. The lowest BCUT2D eigenvalue weighted by Crippen LogP contribution is -2.54. The normalized spacial score (nSPS) is 12.8. The fourth-order valence-electron chi connectivity index (χ4n) is 3.46. The minimum Gasteiger partial charge on any atom is -0.467 e. The first kappa shape index (κ1) is 22.9. The van der Waals surface area contributed by atoms with Crippen LogP contribution in [0.3, 0.4) is 0 Å². The smallest absolute Gasteiger partial charge is 0.328 e. The number of rotatable bonds is 7. The van der Waals surface area contributed by atoms with Crippen LogP contribution in [0.5, 0.6) is 0 Å². The van der Waals surface area contributed by atoms with E-state index < -0.39 is 24.0 Å². The monoisotopic (exact) mass is 503 g/mol. The summed E-state index contributed by atoms with van der Waals surface area (Å²) in [6.45, 7) is 3.22. The maximum Gasteiger partial charge on any atom is 0.328 e. The molecule has 3 rings (SSSR count). The number of carbonyl (C=O) groups is 3. The molecule has 0 N–H and O–H groups in total. The Morgan fingerprint density at radius 3 is 2.42 bits per heavy atom. The average Bonchev–Trinajstić information content (AvgIpc) is 3.32. The van der Waals surface area contributed by atoms with Gasteiger partial charge in [-0.15, -0.1) is 11.3 Å². The molecule has 7 nitrogen and oxygen atoms in total. The van der Waals surface area contributed by atoms with Gasteiger partial charge in [-0.25, -0.2) is 9.78 Å². The van der Waals surface area contributed by atoms with E-state index in [-0.39, 0.29) is 11.2 Å². The minimum atomic E-state index is -0.907. The number of esters is 1. The first-order valence-corrected chi connectivity index (χ1v) is 11.6. The zero-order valence-electron chi connectivity index (χ0n) is 17.3. The number of hydrogen-bond donors (Lipinski definition) is 0. The lowest BCUT2D eigenvalue weighted by Gasteiger charge is -2.34. The van der Waals surface area contributed by atoms with Crippen molar-refractivity contribution in [3.05, 3.63) is 53.4 Å². The Hall–Kier alpha value is -2.78. The molecule has 0 fully saturated rings. The molecule has 1 heterocycles. The summed E-state index contributed by atoms with van der Waals surface area (Å²) >= 11 is 4.54. The van der Waals surface area contributed by atoms with Crippen molar-refractivity contribution in [3.63, 3.8) is 0 Å². The number of ether oxygens (including phenoxy) is 1. The summed E-state index contributed by atoms with van der Waals surface area (Å²) < 4.78 is 4.85. The maximum absolute atomic E-state index is 13.6. The van der Waals surface area contributed by atoms with Crippen molar-refractivity contribution < 1.29 is 19.1 Å². The fourth-order valence-corrected chi connectivity index (χ4v) is 4.25. The molecule has 0 spiro atoms. The number of carbonyl (C=O) groups excluding carboxylic acids is 3. The number of alkyl halides is 1. The second-order valence-electron chi connectivity index (χ2n) is 6.83. The molecule has 0 bridgehead atoms. The van der Waals surface area contributed by atoms with Gasteiger partial charge in [0.1, 0.15) is 17.9 Å². The van der Waals surface area contributed by atoms with Crippen LogP contribution in [0.2, 0.25) is 0 Å². The molecule has 0 saturated heterocycles. The molecule has 0 radical (unpaired) electrons. The van der Waals surface area contributed by atoms with Crippen molar-refractivity contribution in [1.82, 2.24) is 4.98 Å². The van der Waals surface area contributed by atoms with Gasteiger partial charge >= 0.3 is 5.97 Å². The van der Waals surface area contributed by atoms with E-state index >= 15 is 0 Å². The Morgan fingerprint density at radius 1 is 1.06 bits per heavy atom. The Labute approximate surface area is 192 Å². The van der Waals surface area contributed by atoms with Gasteiger partial charge in [-0.2, -0.15) is 0 Å². The first-order chi connectivity index (χ1) is 14.9. The molecule has 9 heteroatoms. The van der Waals surface area contributed by atoms with E-state index in [4.69, 9.17) is 4.74 Å². The van der Waals surface area contributed by atoms with Crippen LogP contribution < -0.4 is 9.80 Å². The SMILES string of the molecule is COC(=O)C(C)N(C(=O)[C@H](C)N(C(=O)CBr)c1cccc2ccccc12)c1cscn1. The van der Waals surface area contributed by atoms with Crippen LogP contribution in [0, 0.1) is 0 Å². The van der Waals surface area contributed by atoms with E-state index in [1.54, 1.807) is 24.7 Å². The van der Waals surface area contributed by atoms with Crippen LogP contribution in [0.15, 0.2) is 53.4 Å². The van der Waals surface area contributed by atoms with Crippen molar-refractivity contribution >= 4 is 67.3 Å². The quantitative estimate of drug-likeness (QED) is 0.359. The van der Waals surface area contributed by atoms with E-state index in [9.17, 15) is 14.4 Å². The van der Waals surface area contributed by atoms with Gasteiger partial charge in [0.2, 0.25) is 5.91 Å². The van der Waals surface area contributed by atoms with Gasteiger partial charge in [-0.3, -0.25) is 19.4 Å². The number of fused-ring (bicyclic) bond motifs is 1. The highest BCUT2D eigenvalue weighted by atomic mass is 79.9. The Morgan fingerprint density at radius 2 is 1.77 bits per heavy atom. The Bertz CT molecular complexity index is 1080. The molecule has 2 atom stereocenters. The second-order valence-corrected chi connectivity index (χ2v) is 8.11. The lowest BCUT2D eigenvalue weighted by atomic mass is 10.1. The topological polar surface area (TPSA) is 79.8 Å². The summed E-state index contributed by atoms with van der Waals surface area (Å²) in [5, 5.41) is 3.52. The summed E-state index contributed by atoms with van der Waals surface area (Å²) in [5.41, 5.74) is 2.20. The molecule has 3 aromatic rings. The van der Waals surface area contributed by atoms with Crippen molar-refractivity contribution in [3.8, 4) is 0 Å². The molecule has 0 aliphatic rings. The predicted octanol–water partition coefficient (Wildman–Crippen LogP) is 4.01. The second kappa shape index (κ2) is 10.0. The van der Waals surface area contributed by atoms with Crippen LogP contribution in [0.4, 0.5) is 11.5 Å². The molecule has 1 aromatic heterocycles. The highest BCUT2D eigenvalue weighted by molar-refractivity contribution is 9.09. The number of nitrogens with zero attached hydrogens (tertiary/aromatic N) is 3.